The maximum Gasteiger partial charge on any atom is 0.242 e. The van der Waals surface area contributed by atoms with Gasteiger partial charge >= 0.3 is 0 Å². The van der Waals surface area contributed by atoms with Gasteiger partial charge in [0.25, 0.3) is 0 Å². The molecule has 3 nitrogen and oxygen atoms in total. The number of amides is 1. The van der Waals surface area contributed by atoms with Crippen molar-refractivity contribution < 1.29 is 4.79 Å². The molecular formula is C15H21ClN2O. The molecule has 104 valence electrons. The highest BCUT2D eigenvalue weighted by atomic mass is 35.5. The van der Waals surface area contributed by atoms with E-state index in [0.717, 1.165) is 18.5 Å². The number of carbonyl (C=O) groups is 1. The Bertz CT molecular complexity index is 422. The van der Waals surface area contributed by atoms with Gasteiger partial charge in [0, 0.05) is 22.8 Å². The molecule has 1 aromatic rings. The molecule has 1 aliphatic rings. The third kappa shape index (κ3) is 3.63. The van der Waals surface area contributed by atoms with Crippen LogP contribution in [0.5, 0.6) is 0 Å². The molecule has 1 amide bonds. The zero-order valence-corrected chi connectivity index (χ0v) is 12.3. The van der Waals surface area contributed by atoms with Crippen LogP contribution in [0.25, 0.3) is 0 Å². The summed E-state index contributed by atoms with van der Waals surface area (Å²) >= 11 is 5.83. The van der Waals surface area contributed by atoms with E-state index in [1.807, 2.05) is 29.2 Å². The fourth-order valence-corrected chi connectivity index (χ4v) is 2.88. The Labute approximate surface area is 119 Å². The Kier molecular flexibility index (Phi) is 4.70. The molecule has 2 rings (SSSR count). The van der Waals surface area contributed by atoms with Crippen LogP contribution in [0.1, 0.15) is 33.1 Å². The highest BCUT2D eigenvalue weighted by molar-refractivity contribution is 6.30. The van der Waals surface area contributed by atoms with E-state index in [1.54, 1.807) is 0 Å². The number of rotatable bonds is 3. The first-order valence-corrected chi connectivity index (χ1v) is 7.26. The van der Waals surface area contributed by atoms with Crippen molar-refractivity contribution in [3.8, 4) is 0 Å². The molecule has 0 aromatic heterocycles. The van der Waals surface area contributed by atoms with Crippen LogP contribution in [-0.4, -0.2) is 29.4 Å². The van der Waals surface area contributed by atoms with Crippen LogP contribution >= 0.6 is 11.6 Å². The first-order valence-electron chi connectivity index (χ1n) is 6.88. The Balaban J connectivity index is 1.91. The van der Waals surface area contributed by atoms with Gasteiger partial charge in [-0.2, -0.15) is 0 Å². The summed E-state index contributed by atoms with van der Waals surface area (Å²) in [5, 5.41) is 3.86. The third-order valence-corrected chi connectivity index (χ3v) is 4.02. The van der Waals surface area contributed by atoms with E-state index in [1.165, 1.54) is 6.42 Å². The van der Waals surface area contributed by atoms with Crippen molar-refractivity contribution in [3.63, 3.8) is 0 Å². The topological polar surface area (TPSA) is 32.3 Å². The molecule has 2 unspecified atom stereocenters. The first kappa shape index (κ1) is 14.2. The van der Waals surface area contributed by atoms with Crippen LogP contribution < -0.4 is 5.32 Å². The van der Waals surface area contributed by atoms with E-state index in [-0.39, 0.29) is 5.91 Å². The van der Waals surface area contributed by atoms with Gasteiger partial charge in [0.1, 0.15) is 0 Å². The minimum absolute atomic E-state index is 0.176. The SMILES string of the molecule is CC1CCCC(C)N1C(=O)CNc1ccc(Cl)cc1. The van der Waals surface area contributed by atoms with E-state index in [0.29, 0.717) is 23.7 Å². The highest BCUT2D eigenvalue weighted by Crippen LogP contribution is 2.22. The number of nitrogens with zero attached hydrogens (tertiary/aromatic N) is 1. The maximum absolute atomic E-state index is 12.3. The largest absolute Gasteiger partial charge is 0.376 e. The second-order valence-electron chi connectivity index (χ2n) is 5.29. The zero-order valence-electron chi connectivity index (χ0n) is 11.5. The van der Waals surface area contributed by atoms with Crippen LogP contribution in [0.2, 0.25) is 5.02 Å². The molecular weight excluding hydrogens is 260 g/mol. The number of anilines is 1. The van der Waals surface area contributed by atoms with Crippen molar-refractivity contribution in [2.45, 2.75) is 45.2 Å². The number of hydrogen-bond acceptors (Lipinski definition) is 2. The van der Waals surface area contributed by atoms with Gasteiger partial charge in [0.2, 0.25) is 5.91 Å². The molecule has 1 saturated heterocycles. The minimum atomic E-state index is 0.176. The number of halogens is 1. The number of likely N-dealkylation sites (tertiary alicyclic amines) is 1. The summed E-state index contributed by atoms with van der Waals surface area (Å²) in [6.07, 6.45) is 3.44. The summed E-state index contributed by atoms with van der Waals surface area (Å²) in [6.45, 7) is 4.61. The molecule has 0 spiro atoms. The second kappa shape index (κ2) is 6.29. The maximum atomic E-state index is 12.3. The Hall–Kier alpha value is -1.22. The lowest BCUT2D eigenvalue weighted by Crippen LogP contribution is -2.49. The van der Waals surface area contributed by atoms with Gasteiger partial charge in [-0.15, -0.1) is 0 Å². The second-order valence-corrected chi connectivity index (χ2v) is 5.73. The van der Waals surface area contributed by atoms with Gasteiger partial charge in [0.15, 0.2) is 0 Å². The smallest absolute Gasteiger partial charge is 0.242 e. The summed E-state index contributed by atoms with van der Waals surface area (Å²) in [5.74, 6) is 0.176. The lowest BCUT2D eigenvalue weighted by Gasteiger charge is -2.39. The first-order chi connectivity index (χ1) is 9.08. The molecule has 0 radical (unpaired) electrons. The fraction of sp³-hybridized carbons (Fsp3) is 0.533. The molecule has 2 atom stereocenters. The standard InChI is InChI=1S/C15H21ClN2O/c1-11-4-3-5-12(2)18(11)15(19)10-17-14-8-6-13(16)7-9-14/h6-9,11-12,17H,3-5,10H2,1-2H3. The number of carbonyl (C=O) groups excluding carboxylic acids is 1. The van der Waals surface area contributed by atoms with Crippen LogP contribution in [0.3, 0.4) is 0 Å². The molecule has 0 bridgehead atoms. The van der Waals surface area contributed by atoms with Crippen LogP contribution in [-0.2, 0) is 4.79 Å². The van der Waals surface area contributed by atoms with E-state index in [4.69, 9.17) is 11.6 Å². The molecule has 1 aromatic carbocycles. The summed E-state index contributed by atoms with van der Waals surface area (Å²) in [6, 6.07) is 8.12. The normalized spacial score (nSPS) is 23.2. The summed E-state index contributed by atoms with van der Waals surface area (Å²) in [5.41, 5.74) is 0.926. The molecule has 19 heavy (non-hydrogen) atoms. The van der Waals surface area contributed by atoms with Crippen molar-refractivity contribution in [1.82, 2.24) is 4.90 Å². The van der Waals surface area contributed by atoms with E-state index in [2.05, 4.69) is 19.2 Å². The van der Waals surface area contributed by atoms with Crippen LogP contribution in [0, 0.1) is 0 Å². The average Bonchev–Trinajstić information content (AvgIpc) is 2.38. The number of benzene rings is 1. The monoisotopic (exact) mass is 280 g/mol. The lowest BCUT2D eigenvalue weighted by atomic mass is 9.97. The Morgan fingerprint density at radius 1 is 1.26 bits per heavy atom. The summed E-state index contributed by atoms with van der Waals surface area (Å²) in [7, 11) is 0. The van der Waals surface area contributed by atoms with Gasteiger partial charge in [-0.05, 0) is 57.4 Å². The average molecular weight is 281 g/mol. The van der Waals surface area contributed by atoms with Gasteiger partial charge in [-0.25, -0.2) is 0 Å². The minimum Gasteiger partial charge on any atom is -0.376 e. The number of hydrogen-bond donors (Lipinski definition) is 1. The van der Waals surface area contributed by atoms with Crippen LogP contribution in [0.4, 0.5) is 5.69 Å². The Morgan fingerprint density at radius 2 is 1.84 bits per heavy atom. The van der Waals surface area contributed by atoms with Crippen LogP contribution in [0.15, 0.2) is 24.3 Å². The van der Waals surface area contributed by atoms with E-state index >= 15 is 0 Å². The molecule has 1 aliphatic heterocycles. The van der Waals surface area contributed by atoms with Crippen molar-refractivity contribution >= 4 is 23.2 Å². The van der Waals surface area contributed by atoms with Gasteiger partial charge < -0.3 is 10.2 Å². The lowest BCUT2D eigenvalue weighted by molar-refractivity contribution is -0.135. The molecule has 1 fully saturated rings. The predicted molar refractivity (Wildman–Crippen MR) is 79.6 cm³/mol. The molecule has 1 N–H and O–H groups in total. The fourth-order valence-electron chi connectivity index (χ4n) is 2.75. The summed E-state index contributed by atoms with van der Waals surface area (Å²) < 4.78 is 0. The van der Waals surface area contributed by atoms with Crippen molar-refractivity contribution in [3.05, 3.63) is 29.3 Å². The van der Waals surface area contributed by atoms with Crippen molar-refractivity contribution in [1.29, 1.82) is 0 Å². The molecule has 0 saturated carbocycles. The number of piperidine rings is 1. The van der Waals surface area contributed by atoms with E-state index < -0.39 is 0 Å². The van der Waals surface area contributed by atoms with Gasteiger partial charge in [-0.3, -0.25) is 4.79 Å². The van der Waals surface area contributed by atoms with Gasteiger partial charge in [-0.1, -0.05) is 11.6 Å². The molecule has 1 heterocycles. The number of nitrogens with one attached hydrogen (secondary N) is 1. The van der Waals surface area contributed by atoms with Crippen molar-refractivity contribution in [2.75, 3.05) is 11.9 Å². The predicted octanol–water partition coefficient (Wildman–Crippen LogP) is 3.54. The summed E-state index contributed by atoms with van der Waals surface area (Å²) in [4.78, 5) is 14.3. The molecule has 0 aliphatic carbocycles. The Morgan fingerprint density at radius 3 is 2.42 bits per heavy atom. The third-order valence-electron chi connectivity index (χ3n) is 3.77. The van der Waals surface area contributed by atoms with E-state index in [9.17, 15) is 4.79 Å². The zero-order chi connectivity index (χ0) is 13.8. The highest BCUT2D eigenvalue weighted by Gasteiger charge is 2.28. The van der Waals surface area contributed by atoms with Crippen molar-refractivity contribution in [2.24, 2.45) is 0 Å². The quantitative estimate of drug-likeness (QED) is 0.918. The molecule has 4 heteroatoms. The van der Waals surface area contributed by atoms with Gasteiger partial charge in [0.05, 0.1) is 6.54 Å².